The molecule has 0 unspecified atom stereocenters. The van der Waals surface area contributed by atoms with E-state index in [1.165, 1.54) is 27.8 Å². The van der Waals surface area contributed by atoms with E-state index in [1.807, 2.05) is 0 Å². The molecule has 0 aliphatic rings. The van der Waals surface area contributed by atoms with Gasteiger partial charge in [0.05, 0.1) is 0 Å². The molecule has 0 fully saturated rings. The summed E-state index contributed by atoms with van der Waals surface area (Å²) in [6, 6.07) is 10.6. The Labute approximate surface area is 128 Å². The molecule has 0 aliphatic heterocycles. The molecule has 21 heavy (non-hydrogen) atoms. The molecular formula is C19H25NO. The molecule has 2 rings (SSSR count). The van der Waals surface area contributed by atoms with Crippen molar-refractivity contribution in [2.24, 2.45) is 0 Å². The summed E-state index contributed by atoms with van der Waals surface area (Å²) >= 11 is 0. The summed E-state index contributed by atoms with van der Waals surface area (Å²) in [7, 11) is 0. The highest BCUT2D eigenvalue weighted by atomic mass is 16.5. The quantitative estimate of drug-likeness (QED) is 0.849. The van der Waals surface area contributed by atoms with E-state index in [4.69, 9.17) is 4.74 Å². The van der Waals surface area contributed by atoms with Gasteiger partial charge in [0.1, 0.15) is 11.5 Å². The van der Waals surface area contributed by atoms with E-state index >= 15 is 0 Å². The lowest BCUT2D eigenvalue weighted by Crippen LogP contribution is -2.12. The van der Waals surface area contributed by atoms with Crippen LogP contribution < -0.4 is 10.1 Å². The lowest BCUT2D eigenvalue weighted by atomic mass is 10.0. The Morgan fingerprint density at radius 2 is 1.67 bits per heavy atom. The van der Waals surface area contributed by atoms with Crippen molar-refractivity contribution < 1.29 is 4.74 Å². The van der Waals surface area contributed by atoms with E-state index in [1.54, 1.807) is 0 Å². The zero-order valence-electron chi connectivity index (χ0n) is 13.7. The number of rotatable bonds is 5. The predicted octanol–water partition coefficient (Wildman–Crippen LogP) is 4.82. The first kappa shape index (κ1) is 15.6. The molecule has 112 valence electrons. The van der Waals surface area contributed by atoms with E-state index in [0.29, 0.717) is 0 Å². The van der Waals surface area contributed by atoms with Gasteiger partial charge in [0.2, 0.25) is 0 Å². The lowest BCUT2D eigenvalue weighted by molar-refractivity contribution is 0.465. The van der Waals surface area contributed by atoms with Gasteiger partial charge in [-0.1, -0.05) is 36.8 Å². The van der Waals surface area contributed by atoms with Gasteiger partial charge in [-0.05, 0) is 57.0 Å². The molecule has 0 saturated carbocycles. The fourth-order valence-electron chi connectivity index (χ4n) is 2.40. The summed E-state index contributed by atoms with van der Waals surface area (Å²) in [6.07, 6.45) is 0. The minimum absolute atomic E-state index is 0.831. The maximum absolute atomic E-state index is 6.26. The molecule has 2 aromatic carbocycles. The van der Waals surface area contributed by atoms with Crippen molar-refractivity contribution in [3.8, 4) is 11.5 Å². The molecule has 0 spiro atoms. The second-order valence-corrected chi connectivity index (χ2v) is 5.65. The summed E-state index contributed by atoms with van der Waals surface area (Å²) in [5, 5.41) is 3.38. The topological polar surface area (TPSA) is 21.3 Å². The summed E-state index contributed by atoms with van der Waals surface area (Å²) in [6.45, 7) is 12.4. The minimum Gasteiger partial charge on any atom is -0.456 e. The van der Waals surface area contributed by atoms with E-state index in [2.05, 4.69) is 70.3 Å². The van der Waals surface area contributed by atoms with Crippen LogP contribution >= 0.6 is 0 Å². The number of ether oxygens (including phenoxy) is 1. The predicted molar refractivity (Wildman–Crippen MR) is 89.3 cm³/mol. The highest BCUT2D eigenvalue weighted by Crippen LogP contribution is 2.32. The monoisotopic (exact) mass is 283 g/mol. The summed E-state index contributed by atoms with van der Waals surface area (Å²) in [5.41, 5.74) is 6.11. The number of hydrogen-bond acceptors (Lipinski definition) is 2. The molecular weight excluding hydrogens is 258 g/mol. The molecule has 2 heteroatoms. The van der Waals surface area contributed by atoms with Crippen molar-refractivity contribution in [3.63, 3.8) is 0 Å². The fourth-order valence-corrected chi connectivity index (χ4v) is 2.40. The third-order valence-corrected chi connectivity index (χ3v) is 3.87. The van der Waals surface area contributed by atoms with Gasteiger partial charge in [-0.3, -0.25) is 0 Å². The molecule has 0 heterocycles. The van der Waals surface area contributed by atoms with Crippen LogP contribution in [-0.2, 0) is 6.54 Å². The zero-order valence-corrected chi connectivity index (χ0v) is 13.7. The Hall–Kier alpha value is -1.80. The van der Waals surface area contributed by atoms with Crippen LogP contribution in [0.1, 0.15) is 34.7 Å². The Kier molecular flexibility index (Phi) is 5.03. The first-order chi connectivity index (χ1) is 10.0. The Morgan fingerprint density at radius 3 is 2.38 bits per heavy atom. The van der Waals surface area contributed by atoms with Crippen LogP contribution in [0.4, 0.5) is 0 Å². The third-order valence-electron chi connectivity index (χ3n) is 3.87. The molecule has 0 amide bonds. The molecule has 0 atom stereocenters. The molecule has 1 N–H and O–H groups in total. The first-order valence-corrected chi connectivity index (χ1v) is 7.57. The second-order valence-electron chi connectivity index (χ2n) is 5.65. The Morgan fingerprint density at radius 1 is 0.952 bits per heavy atom. The SMILES string of the molecule is CCNCc1cc(C)ccc1Oc1c(C)ccc(C)c1C. The molecule has 0 radical (unpaired) electrons. The number of benzene rings is 2. The van der Waals surface area contributed by atoms with Crippen molar-refractivity contribution >= 4 is 0 Å². The van der Waals surface area contributed by atoms with Gasteiger partial charge >= 0.3 is 0 Å². The van der Waals surface area contributed by atoms with Gasteiger partial charge in [0, 0.05) is 12.1 Å². The average Bonchev–Trinajstić information content (AvgIpc) is 2.47. The van der Waals surface area contributed by atoms with E-state index in [-0.39, 0.29) is 0 Å². The Balaban J connectivity index is 2.37. The smallest absolute Gasteiger partial charge is 0.133 e. The van der Waals surface area contributed by atoms with Gasteiger partial charge in [0.15, 0.2) is 0 Å². The summed E-state index contributed by atoms with van der Waals surface area (Å²) < 4.78 is 6.26. The van der Waals surface area contributed by atoms with Crippen LogP contribution in [0.2, 0.25) is 0 Å². The fraction of sp³-hybridized carbons (Fsp3) is 0.368. The zero-order chi connectivity index (χ0) is 15.4. The van der Waals surface area contributed by atoms with Crippen molar-refractivity contribution in [2.75, 3.05) is 6.54 Å². The lowest BCUT2D eigenvalue weighted by Gasteiger charge is -2.17. The van der Waals surface area contributed by atoms with E-state index in [9.17, 15) is 0 Å². The van der Waals surface area contributed by atoms with Gasteiger partial charge in [-0.15, -0.1) is 0 Å². The van der Waals surface area contributed by atoms with E-state index < -0.39 is 0 Å². The maximum atomic E-state index is 6.26. The number of aryl methyl sites for hydroxylation is 3. The third kappa shape index (κ3) is 3.64. The molecule has 0 saturated heterocycles. The second kappa shape index (κ2) is 6.77. The van der Waals surface area contributed by atoms with Gasteiger partial charge in [0.25, 0.3) is 0 Å². The van der Waals surface area contributed by atoms with Crippen LogP contribution in [0.5, 0.6) is 11.5 Å². The molecule has 2 aromatic rings. The average molecular weight is 283 g/mol. The number of hydrogen-bond donors (Lipinski definition) is 1. The maximum Gasteiger partial charge on any atom is 0.133 e. The molecule has 0 aromatic heterocycles. The van der Waals surface area contributed by atoms with Crippen molar-refractivity contribution in [1.29, 1.82) is 0 Å². The van der Waals surface area contributed by atoms with Crippen LogP contribution in [0.15, 0.2) is 30.3 Å². The summed E-state index contributed by atoms with van der Waals surface area (Å²) in [4.78, 5) is 0. The molecule has 0 aliphatic carbocycles. The van der Waals surface area contributed by atoms with Crippen molar-refractivity contribution in [1.82, 2.24) is 5.32 Å². The Bertz CT molecular complexity index is 632. The van der Waals surface area contributed by atoms with Crippen LogP contribution in [0.25, 0.3) is 0 Å². The van der Waals surface area contributed by atoms with Crippen LogP contribution in [0.3, 0.4) is 0 Å². The van der Waals surface area contributed by atoms with Crippen molar-refractivity contribution in [3.05, 3.63) is 58.1 Å². The van der Waals surface area contributed by atoms with Gasteiger partial charge < -0.3 is 10.1 Å². The van der Waals surface area contributed by atoms with Gasteiger partial charge in [-0.2, -0.15) is 0 Å². The van der Waals surface area contributed by atoms with Crippen LogP contribution in [0, 0.1) is 27.7 Å². The minimum atomic E-state index is 0.831. The van der Waals surface area contributed by atoms with Gasteiger partial charge in [-0.25, -0.2) is 0 Å². The first-order valence-electron chi connectivity index (χ1n) is 7.57. The van der Waals surface area contributed by atoms with Crippen LogP contribution in [-0.4, -0.2) is 6.54 Å². The normalized spacial score (nSPS) is 10.7. The number of nitrogens with one attached hydrogen (secondary N) is 1. The molecule has 2 nitrogen and oxygen atoms in total. The standard InChI is InChI=1S/C19H25NO/c1-6-20-12-17-11-13(2)7-10-18(17)21-19-15(4)9-8-14(3)16(19)5/h7-11,20H,6,12H2,1-5H3. The summed E-state index contributed by atoms with van der Waals surface area (Å²) in [5.74, 6) is 1.93. The van der Waals surface area contributed by atoms with E-state index in [0.717, 1.165) is 24.6 Å². The van der Waals surface area contributed by atoms with Crippen molar-refractivity contribution in [2.45, 2.75) is 41.2 Å². The highest BCUT2D eigenvalue weighted by molar-refractivity contribution is 5.48. The largest absolute Gasteiger partial charge is 0.456 e. The highest BCUT2D eigenvalue weighted by Gasteiger charge is 2.10. The molecule has 0 bridgehead atoms.